The van der Waals surface area contributed by atoms with E-state index in [-0.39, 0.29) is 36.8 Å². The zero-order chi connectivity index (χ0) is 43.5. The average molecular weight is 920 g/mol. The normalized spacial score (nSPS) is 15.0. The largest absolute Gasteiger partial charge is 0.396 e. The number of nitrogens with two attached hydrogens (primary N) is 1. The van der Waals surface area contributed by atoms with Gasteiger partial charge in [-0.05, 0) is 106 Å². The molecule has 2 saturated carbocycles. The van der Waals surface area contributed by atoms with Gasteiger partial charge in [0, 0.05) is 31.1 Å². The minimum Gasteiger partial charge on any atom is -0.396 e. The molecule has 0 spiro atoms. The van der Waals surface area contributed by atoms with Crippen molar-refractivity contribution in [1.82, 2.24) is 27.9 Å². The van der Waals surface area contributed by atoms with Gasteiger partial charge in [0.1, 0.15) is 11.0 Å². The summed E-state index contributed by atoms with van der Waals surface area (Å²) in [4.78, 5) is 16.6. The van der Waals surface area contributed by atoms with Crippen molar-refractivity contribution in [3.05, 3.63) is 99.9 Å². The van der Waals surface area contributed by atoms with E-state index in [0.29, 0.717) is 35.3 Å². The van der Waals surface area contributed by atoms with Crippen LogP contribution in [0.15, 0.2) is 82.8 Å². The molecule has 2 aromatic carbocycles. The lowest BCUT2D eigenvalue weighted by molar-refractivity contribution is 0.287. The Labute approximate surface area is 367 Å². The van der Waals surface area contributed by atoms with Crippen LogP contribution < -0.4 is 11.1 Å². The molecular formula is C42H53Cl3N8O5S2. The van der Waals surface area contributed by atoms with Crippen molar-refractivity contribution < 1.29 is 21.9 Å². The summed E-state index contributed by atoms with van der Waals surface area (Å²) in [5.41, 5.74) is 8.04. The lowest BCUT2D eigenvalue weighted by Crippen LogP contribution is -2.23. The minimum absolute atomic E-state index is 0.0277. The molecule has 0 saturated heterocycles. The predicted octanol–water partition coefficient (Wildman–Crippen LogP) is 9.71. The number of aryl methyl sites for hydroxylation is 2. The second-order valence-electron chi connectivity index (χ2n) is 14.9. The number of halogens is 3. The minimum atomic E-state index is -3.77. The van der Waals surface area contributed by atoms with E-state index in [4.69, 9.17) is 45.6 Å². The molecule has 0 unspecified atom stereocenters. The summed E-state index contributed by atoms with van der Waals surface area (Å²) in [6, 6.07) is 17.4. The Hall–Kier alpha value is -3.83. The summed E-state index contributed by atoms with van der Waals surface area (Å²) in [5.74, 6) is 0.592. The van der Waals surface area contributed by atoms with E-state index in [2.05, 4.69) is 32.2 Å². The molecule has 18 heteroatoms. The van der Waals surface area contributed by atoms with Gasteiger partial charge in [0.15, 0.2) is 11.3 Å². The Morgan fingerprint density at radius 2 is 1.12 bits per heavy atom. The van der Waals surface area contributed by atoms with Crippen molar-refractivity contribution in [3.63, 3.8) is 0 Å². The Morgan fingerprint density at radius 3 is 1.55 bits per heavy atom. The fourth-order valence-corrected chi connectivity index (χ4v) is 9.96. The first-order valence-electron chi connectivity index (χ1n) is 20.2. The molecule has 324 valence electrons. The molecule has 0 amide bonds. The summed E-state index contributed by atoms with van der Waals surface area (Å²) >= 11 is 17.8. The maximum Gasteiger partial charge on any atom is 0.269 e. The van der Waals surface area contributed by atoms with Gasteiger partial charge in [-0.25, -0.2) is 34.7 Å². The van der Waals surface area contributed by atoms with Gasteiger partial charge in [0.25, 0.3) is 20.0 Å². The van der Waals surface area contributed by atoms with Crippen LogP contribution in [0, 0.1) is 13.8 Å². The molecule has 0 bridgehead atoms. The second kappa shape index (κ2) is 21.8. The molecule has 4 heterocycles. The number of anilines is 1. The van der Waals surface area contributed by atoms with Crippen LogP contribution >= 0.6 is 34.8 Å². The first kappa shape index (κ1) is 47.2. The third-order valence-corrected chi connectivity index (χ3v) is 14.2. The van der Waals surface area contributed by atoms with Gasteiger partial charge in [0.05, 0.1) is 20.6 Å². The van der Waals surface area contributed by atoms with Crippen molar-refractivity contribution in [2.75, 3.05) is 11.9 Å². The molecule has 4 aromatic heterocycles. The summed E-state index contributed by atoms with van der Waals surface area (Å²) in [6.07, 6.45) is 17.4. The summed E-state index contributed by atoms with van der Waals surface area (Å²) in [7, 11) is -7.53. The third-order valence-electron chi connectivity index (χ3n) is 10.2. The van der Waals surface area contributed by atoms with E-state index in [9.17, 15) is 16.8 Å². The van der Waals surface area contributed by atoms with Gasteiger partial charge in [-0.15, -0.1) is 0 Å². The standard InChI is InChI=1S/C19H21ClN4O2S.C13H9Cl2N3O2S.C6H13N.C4H10O/c1-13-7-9-15(10-8-13)27(25,26)24-12-11-16-17(22-19(20)23-18(16)24)21-14-5-3-2-4-6-14;1-8-2-4-9(5-3-8)21(19,20)18-7-6-10-11(14)16-13(15)17-12(10)18;7-6-4-2-1-3-5-6;1-2-3-4-5/h7-12,14H,2-6H2,1H3,(H,21,22,23);2-7H,1H3;6H,1-5,7H2;5H,2-4H2,1H3. The molecule has 2 aliphatic carbocycles. The SMILES string of the molecule is CCCCO.Cc1ccc(S(=O)(=O)n2ccc3c(Cl)nc(Cl)nc32)cc1.Cc1ccc(S(=O)(=O)n2ccc3c(NC4CCCCC4)nc(Cl)nc32)cc1.NC1CCCCC1. The van der Waals surface area contributed by atoms with Crippen LogP contribution in [-0.2, 0) is 20.0 Å². The first-order valence-corrected chi connectivity index (χ1v) is 24.2. The van der Waals surface area contributed by atoms with Gasteiger partial charge in [-0.2, -0.15) is 9.97 Å². The highest BCUT2D eigenvalue weighted by molar-refractivity contribution is 7.90. The topological polar surface area (TPSA) is 188 Å². The molecule has 2 fully saturated rings. The number of nitrogens with zero attached hydrogens (tertiary/aromatic N) is 6. The second-order valence-corrected chi connectivity index (χ2v) is 19.6. The number of nitrogens with one attached hydrogen (secondary N) is 1. The third kappa shape index (κ3) is 12.2. The van der Waals surface area contributed by atoms with Crippen molar-refractivity contribution in [2.24, 2.45) is 5.73 Å². The van der Waals surface area contributed by atoms with Gasteiger partial charge in [-0.1, -0.05) is 98.9 Å². The zero-order valence-electron chi connectivity index (χ0n) is 34.1. The maximum absolute atomic E-state index is 13.1. The van der Waals surface area contributed by atoms with Crippen molar-refractivity contribution in [1.29, 1.82) is 0 Å². The van der Waals surface area contributed by atoms with Crippen LogP contribution in [0.5, 0.6) is 0 Å². The van der Waals surface area contributed by atoms with Crippen molar-refractivity contribution >= 4 is 82.7 Å². The summed E-state index contributed by atoms with van der Waals surface area (Å²) < 4.78 is 53.7. The lowest BCUT2D eigenvalue weighted by Gasteiger charge is -2.23. The Kier molecular flexibility index (Phi) is 17.2. The molecular weight excluding hydrogens is 867 g/mol. The highest BCUT2D eigenvalue weighted by Gasteiger charge is 2.24. The number of aromatic nitrogens is 6. The van der Waals surface area contributed by atoms with Crippen LogP contribution in [0.4, 0.5) is 5.82 Å². The number of unbranched alkanes of at least 4 members (excludes halogenated alkanes) is 1. The number of rotatable bonds is 8. The van der Waals surface area contributed by atoms with E-state index in [1.54, 1.807) is 60.7 Å². The van der Waals surface area contributed by atoms with E-state index in [1.165, 1.54) is 67.7 Å². The quantitative estimate of drug-likeness (QED) is 0.0974. The molecule has 0 aliphatic heterocycles. The van der Waals surface area contributed by atoms with Crippen molar-refractivity contribution in [2.45, 2.75) is 120 Å². The number of hydrogen-bond acceptors (Lipinski definition) is 11. The van der Waals surface area contributed by atoms with Crippen LogP contribution in [0.1, 0.15) is 95.1 Å². The Morgan fingerprint density at radius 1 is 0.667 bits per heavy atom. The van der Waals surface area contributed by atoms with Gasteiger partial charge < -0.3 is 16.2 Å². The van der Waals surface area contributed by atoms with Gasteiger partial charge >= 0.3 is 0 Å². The zero-order valence-corrected chi connectivity index (χ0v) is 38.0. The van der Waals surface area contributed by atoms with Gasteiger partial charge in [-0.3, -0.25) is 0 Å². The molecule has 8 rings (SSSR count). The number of aliphatic hydroxyl groups is 1. The van der Waals surface area contributed by atoms with Crippen LogP contribution in [-0.4, -0.2) is 68.5 Å². The first-order chi connectivity index (χ1) is 28.6. The molecule has 0 atom stereocenters. The molecule has 0 radical (unpaired) electrons. The van der Waals surface area contributed by atoms with E-state index >= 15 is 0 Å². The molecule has 2 aliphatic rings. The monoisotopic (exact) mass is 918 g/mol. The fourth-order valence-electron chi connectivity index (χ4n) is 6.77. The number of fused-ring (bicyclic) bond motifs is 2. The van der Waals surface area contributed by atoms with Crippen LogP contribution in [0.2, 0.25) is 15.7 Å². The van der Waals surface area contributed by atoms with Crippen molar-refractivity contribution in [3.8, 4) is 0 Å². The molecule has 4 N–H and O–H groups in total. The van der Waals surface area contributed by atoms with E-state index in [1.807, 2.05) is 13.8 Å². The predicted molar refractivity (Wildman–Crippen MR) is 241 cm³/mol. The summed E-state index contributed by atoms with van der Waals surface area (Å²) in [5, 5.41) is 12.6. The van der Waals surface area contributed by atoms with Gasteiger partial charge in [0.2, 0.25) is 10.6 Å². The van der Waals surface area contributed by atoms with Crippen LogP contribution in [0.25, 0.3) is 22.1 Å². The Bertz CT molecular complexity index is 2540. The number of benzene rings is 2. The fraction of sp³-hybridized carbons (Fsp3) is 0.429. The van der Waals surface area contributed by atoms with Crippen LogP contribution in [0.3, 0.4) is 0 Å². The molecule has 6 aromatic rings. The lowest BCUT2D eigenvalue weighted by atomic mass is 9.95. The Balaban J connectivity index is 0.000000182. The number of hydrogen-bond donors (Lipinski definition) is 3. The molecule has 13 nitrogen and oxygen atoms in total. The van der Waals surface area contributed by atoms with E-state index < -0.39 is 20.0 Å². The van der Waals surface area contributed by atoms with E-state index in [0.717, 1.165) is 40.8 Å². The molecule has 60 heavy (non-hydrogen) atoms. The summed E-state index contributed by atoms with van der Waals surface area (Å²) in [6.45, 7) is 6.19. The average Bonchev–Trinajstić information content (AvgIpc) is 3.86. The number of aliphatic hydroxyl groups excluding tert-OH is 1. The smallest absolute Gasteiger partial charge is 0.269 e. The highest BCUT2D eigenvalue weighted by atomic mass is 35.5. The highest BCUT2D eigenvalue weighted by Crippen LogP contribution is 2.30. The maximum atomic E-state index is 13.1.